The van der Waals surface area contributed by atoms with Gasteiger partial charge in [-0.2, -0.15) is 0 Å². The van der Waals surface area contributed by atoms with Gasteiger partial charge in [-0.1, -0.05) is 0 Å². The SMILES string of the molecule is Cc1ccccc1-c1cccc2c1C=C[CH]2[Hf]([CH3])[CH3]. The number of rotatable bonds is 2. The molecule has 0 saturated carbocycles. The summed E-state index contributed by atoms with van der Waals surface area (Å²) in [7, 11) is 0. The third-order valence-corrected chi connectivity index (χ3v) is 10.3. The van der Waals surface area contributed by atoms with Gasteiger partial charge in [0, 0.05) is 0 Å². The molecule has 0 N–H and O–H groups in total. The molecule has 19 heavy (non-hydrogen) atoms. The Labute approximate surface area is 123 Å². The summed E-state index contributed by atoms with van der Waals surface area (Å²) in [6.07, 6.45) is 4.81. The molecule has 3 rings (SSSR count). The molecule has 1 atom stereocenters. The Morgan fingerprint density at radius 1 is 0.895 bits per heavy atom. The maximum absolute atomic E-state index is 2.51. The van der Waals surface area contributed by atoms with Crippen LogP contribution in [0, 0.1) is 6.92 Å². The van der Waals surface area contributed by atoms with Crippen LogP contribution in [0.25, 0.3) is 17.2 Å². The molecule has 0 spiro atoms. The summed E-state index contributed by atoms with van der Waals surface area (Å²) in [5.74, 6) is 0. The molecule has 1 unspecified atom stereocenters. The van der Waals surface area contributed by atoms with Crippen molar-refractivity contribution in [1.29, 1.82) is 0 Å². The fourth-order valence-electron chi connectivity index (χ4n) is 2.95. The normalized spacial score (nSPS) is 16.5. The van der Waals surface area contributed by atoms with Crippen LogP contribution in [0.4, 0.5) is 0 Å². The molecule has 0 nitrogen and oxygen atoms in total. The number of benzene rings is 2. The van der Waals surface area contributed by atoms with Crippen LogP contribution in [0.1, 0.15) is 20.4 Å². The van der Waals surface area contributed by atoms with Gasteiger partial charge in [0.25, 0.3) is 0 Å². The van der Waals surface area contributed by atoms with E-state index >= 15 is 0 Å². The van der Waals surface area contributed by atoms with Gasteiger partial charge in [-0.15, -0.1) is 0 Å². The molecular formula is C18H19Hf. The maximum atomic E-state index is 2.51. The van der Waals surface area contributed by atoms with Crippen molar-refractivity contribution in [2.75, 3.05) is 0 Å². The van der Waals surface area contributed by atoms with Gasteiger partial charge in [0.2, 0.25) is 0 Å². The van der Waals surface area contributed by atoms with E-state index in [4.69, 9.17) is 0 Å². The number of aryl methyl sites for hydroxylation is 1. The van der Waals surface area contributed by atoms with E-state index in [0.29, 0.717) is 0 Å². The van der Waals surface area contributed by atoms with Crippen LogP contribution in [-0.4, -0.2) is 0 Å². The summed E-state index contributed by atoms with van der Waals surface area (Å²) in [4.78, 5) is 0. The molecular weight excluding hydrogens is 395 g/mol. The van der Waals surface area contributed by atoms with E-state index in [9.17, 15) is 0 Å². The van der Waals surface area contributed by atoms with Gasteiger partial charge in [0.15, 0.2) is 0 Å². The fourth-order valence-corrected chi connectivity index (χ4v) is 7.82. The minimum atomic E-state index is -1.38. The Kier molecular flexibility index (Phi) is 3.58. The zero-order valence-corrected chi connectivity index (χ0v) is 15.4. The van der Waals surface area contributed by atoms with E-state index in [2.05, 4.69) is 70.9 Å². The van der Waals surface area contributed by atoms with Crippen LogP contribution in [0.15, 0.2) is 48.5 Å². The average Bonchev–Trinajstić information content (AvgIpc) is 2.83. The number of allylic oxidation sites excluding steroid dienone is 1. The molecule has 1 aliphatic rings. The molecule has 0 aromatic heterocycles. The van der Waals surface area contributed by atoms with Crippen molar-refractivity contribution in [3.05, 3.63) is 65.2 Å². The van der Waals surface area contributed by atoms with E-state index in [1.54, 1.807) is 5.56 Å². The van der Waals surface area contributed by atoms with Crippen molar-refractivity contribution in [3.8, 4) is 11.1 Å². The topological polar surface area (TPSA) is 0 Å². The molecule has 0 heterocycles. The fraction of sp³-hybridized carbons (Fsp3) is 0.222. The monoisotopic (exact) mass is 415 g/mol. The predicted molar refractivity (Wildman–Crippen MR) is 80.1 cm³/mol. The Bertz CT molecular complexity index is 638. The molecule has 1 aliphatic carbocycles. The molecule has 1 heteroatoms. The van der Waals surface area contributed by atoms with Crippen LogP contribution < -0.4 is 0 Å². The molecule has 2 aromatic carbocycles. The Hall–Kier alpha value is -0.950. The molecule has 0 amide bonds. The summed E-state index contributed by atoms with van der Waals surface area (Å²) in [5.41, 5.74) is 7.19. The van der Waals surface area contributed by atoms with Crippen molar-refractivity contribution in [1.82, 2.24) is 0 Å². The Morgan fingerprint density at radius 2 is 1.63 bits per heavy atom. The first-order chi connectivity index (χ1) is 9.18. The van der Waals surface area contributed by atoms with Crippen molar-refractivity contribution < 1.29 is 21.4 Å². The van der Waals surface area contributed by atoms with Crippen molar-refractivity contribution in [2.24, 2.45) is 0 Å². The minimum absolute atomic E-state index is 0.781. The van der Waals surface area contributed by atoms with Gasteiger partial charge in [-0.05, 0) is 0 Å². The van der Waals surface area contributed by atoms with Gasteiger partial charge in [-0.25, -0.2) is 0 Å². The Balaban J connectivity index is 2.17. The van der Waals surface area contributed by atoms with Crippen LogP contribution in [0.5, 0.6) is 0 Å². The summed E-state index contributed by atoms with van der Waals surface area (Å²) >= 11 is -1.38. The number of hydrogen-bond donors (Lipinski definition) is 0. The van der Waals surface area contributed by atoms with Gasteiger partial charge in [-0.3, -0.25) is 0 Å². The van der Waals surface area contributed by atoms with Gasteiger partial charge >= 0.3 is 124 Å². The third kappa shape index (κ3) is 2.29. The average molecular weight is 414 g/mol. The van der Waals surface area contributed by atoms with Crippen LogP contribution in [-0.2, 0) is 21.4 Å². The van der Waals surface area contributed by atoms with Gasteiger partial charge in [0.1, 0.15) is 0 Å². The second kappa shape index (κ2) is 5.20. The summed E-state index contributed by atoms with van der Waals surface area (Å²) in [6.45, 7) is 2.20. The third-order valence-electron chi connectivity index (χ3n) is 3.99. The quantitative estimate of drug-likeness (QED) is 0.575. The first-order valence-electron chi connectivity index (χ1n) is 6.85. The standard InChI is InChI=1S/C16H13.2CH3.Hf/c1-12-6-2-3-9-14(12)16-11-5-8-13-7-4-10-15(13)16;;;/h2-11H,1H3;2*1H3;. The molecule has 0 saturated heterocycles. The van der Waals surface area contributed by atoms with E-state index < -0.39 is 21.4 Å². The zero-order chi connectivity index (χ0) is 13.4. The molecule has 2 aromatic rings. The van der Waals surface area contributed by atoms with E-state index in [1.165, 1.54) is 22.3 Å². The predicted octanol–water partition coefficient (Wildman–Crippen LogP) is 5.44. The number of fused-ring (bicyclic) bond motifs is 1. The number of hydrogen-bond acceptors (Lipinski definition) is 0. The van der Waals surface area contributed by atoms with Crippen LogP contribution in [0.2, 0.25) is 9.36 Å². The summed E-state index contributed by atoms with van der Waals surface area (Å²) in [5, 5.41) is 0. The summed E-state index contributed by atoms with van der Waals surface area (Å²) < 4.78 is 5.80. The first-order valence-corrected chi connectivity index (χ1v) is 16.1. The molecule has 0 radical (unpaired) electrons. The molecule has 0 aliphatic heterocycles. The van der Waals surface area contributed by atoms with E-state index in [1.807, 2.05) is 0 Å². The van der Waals surface area contributed by atoms with Crippen molar-refractivity contribution in [3.63, 3.8) is 0 Å². The summed E-state index contributed by atoms with van der Waals surface area (Å²) in [6, 6.07) is 15.5. The second-order valence-corrected chi connectivity index (χ2v) is 15.5. The first kappa shape index (κ1) is 13.1. The van der Waals surface area contributed by atoms with E-state index in [-0.39, 0.29) is 0 Å². The van der Waals surface area contributed by atoms with Gasteiger partial charge < -0.3 is 0 Å². The van der Waals surface area contributed by atoms with Crippen molar-refractivity contribution in [2.45, 2.75) is 20.0 Å². The van der Waals surface area contributed by atoms with Crippen LogP contribution >= 0.6 is 0 Å². The zero-order valence-electron chi connectivity index (χ0n) is 11.8. The van der Waals surface area contributed by atoms with Gasteiger partial charge in [0.05, 0.1) is 0 Å². The Morgan fingerprint density at radius 3 is 2.37 bits per heavy atom. The van der Waals surface area contributed by atoms with Crippen molar-refractivity contribution >= 4 is 6.08 Å². The van der Waals surface area contributed by atoms with E-state index in [0.717, 1.165) is 3.67 Å². The second-order valence-electron chi connectivity index (χ2n) is 5.54. The molecule has 0 bridgehead atoms. The molecule has 95 valence electrons. The molecule has 0 fully saturated rings. The van der Waals surface area contributed by atoms with Crippen LogP contribution in [0.3, 0.4) is 0 Å².